The molecule has 3 aliphatic rings. The number of hydrogen-bond donors (Lipinski definition) is 3. The average molecular weight is 1320 g/mol. The van der Waals surface area contributed by atoms with Crippen LogP contribution in [0.2, 0.25) is 0 Å². The number of fused-ring (bicyclic) bond motifs is 6. The Labute approximate surface area is 561 Å². The van der Waals surface area contributed by atoms with Crippen molar-refractivity contribution in [3.63, 3.8) is 0 Å². The maximum Gasteiger partial charge on any atom is 0.187 e. The molecule has 13 heterocycles. The fourth-order valence-electron chi connectivity index (χ4n) is 15.0. The Morgan fingerprint density at radius 1 is 0.521 bits per heavy atom. The summed E-state index contributed by atoms with van der Waals surface area (Å²) in [6.45, 7) is 26.5. The molecule has 0 amide bonds. The van der Waals surface area contributed by atoms with Crippen molar-refractivity contribution in [1.82, 2.24) is 69.4 Å². The summed E-state index contributed by atoms with van der Waals surface area (Å²) < 4.78 is 21.3. The van der Waals surface area contributed by atoms with E-state index in [4.69, 9.17) is 24.9 Å². The lowest BCUT2D eigenvalue weighted by Gasteiger charge is -2.49. The molecule has 2 aromatic carbocycles. The number of nitriles is 1. The molecule has 0 bridgehead atoms. The van der Waals surface area contributed by atoms with Crippen LogP contribution in [0.15, 0.2) is 104 Å². The van der Waals surface area contributed by atoms with Gasteiger partial charge in [0, 0.05) is 128 Å². The molecule has 3 aliphatic heterocycles. The summed E-state index contributed by atoms with van der Waals surface area (Å²) in [5.41, 5.74) is 13.0. The Morgan fingerprint density at radius 2 is 0.979 bits per heavy atom. The van der Waals surface area contributed by atoms with Gasteiger partial charge >= 0.3 is 0 Å². The first-order valence-electron chi connectivity index (χ1n) is 32.5. The van der Waals surface area contributed by atoms with Crippen LogP contribution in [0.4, 0.5) is 19.8 Å². The quantitative estimate of drug-likeness (QED) is 0.124. The zero-order chi connectivity index (χ0) is 66.5. The number of nitrogens with zero attached hydrogens (tertiary/aromatic N) is 15. The first-order chi connectivity index (χ1) is 44.5. The summed E-state index contributed by atoms with van der Waals surface area (Å²) >= 11 is 5.01. The smallest absolute Gasteiger partial charge is 0.187 e. The minimum atomic E-state index is -0.349. The van der Waals surface area contributed by atoms with Crippen LogP contribution in [0.5, 0.6) is 0 Å². The number of halogens is 1. The molecular weight excluding hydrogens is 1230 g/mol. The lowest BCUT2D eigenvalue weighted by molar-refractivity contribution is 0.160. The van der Waals surface area contributed by atoms with Crippen molar-refractivity contribution in [2.45, 2.75) is 174 Å². The standard InChI is InChI=1S/C25H29N7S.C24H29FN6S.C23H27N5S/c1-15-13-32-14-17(9-16(12-26)21(32)27-15)19-7-8-20-22(28-19)33-23(29-20)31(6)18-10-24(2,3)30-25(4,5)11-18;1-14-12-31-13-15(9-17(25)20(31)26-14)18-7-8-19-21(27-18)32-22(28-19)30(6)16-10-23(2,3)29-24(4,5)11-16;1-14-9-19(10-15(2)24-14)28(4)23-25-21-8-6-17(12-22(21)29-23)16-5-7-20-18(11-16)13-27(3)26-20/h7-9,13-14,18,30H,10-11H2,1-6H3;7-9,12-13,16,29H,10-11H2,1-6H3;5-8,11-15,19,24H,9-10H2,1-4H3. The summed E-state index contributed by atoms with van der Waals surface area (Å²) in [5.74, 6) is -0.349. The lowest BCUT2D eigenvalue weighted by Crippen LogP contribution is -2.61. The van der Waals surface area contributed by atoms with Gasteiger partial charge in [-0.2, -0.15) is 10.4 Å². The second-order valence-electron chi connectivity index (χ2n) is 29.2. The third-order valence-electron chi connectivity index (χ3n) is 18.5. The molecule has 12 aromatic rings. The highest BCUT2D eigenvalue weighted by Gasteiger charge is 2.41. The highest BCUT2D eigenvalue weighted by Crippen LogP contribution is 2.40. The third kappa shape index (κ3) is 13.6. The van der Waals surface area contributed by atoms with E-state index < -0.39 is 0 Å². The first kappa shape index (κ1) is 64.7. The number of rotatable bonds is 9. The van der Waals surface area contributed by atoms with E-state index in [1.807, 2.05) is 85.1 Å². The van der Waals surface area contributed by atoms with E-state index in [0.717, 1.165) is 120 Å². The van der Waals surface area contributed by atoms with Gasteiger partial charge in [-0.15, -0.1) is 0 Å². The molecule has 0 saturated carbocycles. The van der Waals surface area contributed by atoms with Crippen molar-refractivity contribution in [2.75, 3.05) is 35.8 Å². The van der Waals surface area contributed by atoms with Gasteiger partial charge in [-0.3, -0.25) is 4.68 Å². The lowest BCUT2D eigenvalue weighted by atomic mass is 9.79. The van der Waals surface area contributed by atoms with Crippen molar-refractivity contribution in [2.24, 2.45) is 7.05 Å². The maximum absolute atomic E-state index is 14.6. The Morgan fingerprint density at radius 3 is 1.52 bits per heavy atom. The zero-order valence-corrected chi connectivity index (χ0v) is 59.2. The SMILES string of the molecule is CC1CC(N(C)c2nc3ccc(-c4ccc5nn(C)cc5c4)cc3s2)CC(C)N1.Cc1cn2cc(-c3ccc4nc(N(C)C5CC(C)(C)NC(C)(C)C5)sc4n3)cc(C#N)c2n1.Cc1cn2cc(-c3ccc4nc(N(C)C5CC(C)(C)NC(C)(C)C5)sc4n3)cc(F)c2n1. The van der Waals surface area contributed by atoms with E-state index in [1.165, 1.54) is 27.3 Å². The van der Waals surface area contributed by atoms with Crippen LogP contribution in [-0.4, -0.2) is 127 Å². The number of benzene rings is 2. The molecule has 0 spiro atoms. The second kappa shape index (κ2) is 24.6. The Bertz CT molecular complexity index is 4820. The maximum atomic E-state index is 14.6. The van der Waals surface area contributed by atoms with Gasteiger partial charge < -0.3 is 39.5 Å². The number of anilines is 3. The van der Waals surface area contributed by atoms with Crippen LogP contribution < -0.4 is 30.7 Å². The predicted octanol–water partition coefficient (Wildman–Crippen LogP) is 14.9. The van der Waals surface area contributed by atoms with E-state index in [1.54, 1.807) is 38.4 Å². The number of aromatic nitrogens is 11. The second-order valence-corrected chi connectivity index (χ2v) is 32.1. The van der Waals surface area contributed by atoms with Crippen LogP contribution in [0, 0.1) is 31.0 Å². The number of imidazole rings is 2. The molecule has 0 aliphatic carbocycles. The highest BCUT2D eigenvalue weighted by atomic mass is 32.1. The number of aryl methyl sites for hydroxylation is 3. The number of nitrogens with one attached hydrogen (secondary N) is 3. The molecule has 2 unspecified atom stereocenters. The first-order valence-corrected chi connectivity index (χ1v) is 34.9. The van der Waals surface area contributed by atoms with Crippen molar-refractivity contribution >= 4 is 103 Å². The van der Waals surface area contributed by atoms with Gasteiger partial charge in [0.05, 0.1) is 44.1 Å². The van der Waals surface area contributed by atoms with E-state index in [2.05, 4.69) is 185 Å². The molecule has 2 atom stereocenters. The summed E-state index contributed by atoms with van der Waals surface area (Å²) in [5, 5.41) is 29.5. The van der Waals surface area contributed by atoms with E-state index in [9.17, 15) is 9.65 Å². The minimum Gasteiger partial charge on any atom is -0.348 e. The van der Waals surface area contributed by atoms with E-state index in [0.29, 0.717) is 47.1 Å². The molecule has 18 nitrogen and oxygen atoms in total. The van der Waals surface area contributed by atoms with Gasteiger partial charge in [-0.25, -0.2) is 39.3 Å². The molecule has 3 N–H and O–H groups in total. The van der Waals surface area contributed by atoms with Crippen molar-refractivity contribution in [3.05, 3.63) is 127 Å². The molecule has 94 heavy (non-hydrogen) atoms. The predicted molar refractivity (Wildman–Crippen MR) is 386 cm³/mol. The zero-order valence-electron chi connectivity index (χ0n) is 56.8. The van der Waals surface area contributed by atoms with Gasteiger partial charge in [0.1, 0.15) is 26.8 Å². The third-order valence-corrected chi connectivity index (χ3v) is 21.8. The van der Waals surface area contributed by atoms with Crippen LogP contribution in [-0.2, 0) is 7.05 Å². The molecule has 15 rings (SSSR count). The number of thiazole rings is 3. The summed E-state index contributed by atoms with van der Waals surface area (Å²) in [7, 11) is 8.44. The van der Waals surface area contributed by atoms with Crippen LogP contribution in [0.25, 0.3) is 86.7 Å². The molecule has 0 radical (unpaired) electrons. The summed E-state index contributed by atoms with van der Waals surface area (Å²) in [6, 6.07) is 29.0. The number of pyridine rings is 4. The largest absolute Gasteiger partial charge is 0.348 e. The summed E-state index contributed by atoms with van der Waals surface area (Å²) in [6.07, 6.45) is 16.2. The normalized spacial score (nSPS) is 19.5. The number of hydrogen-bond acceptors (Lipinski definition) is 18. The molecule has 3 fully saturated rings. The Kier molecular flexibility index (Phi) is 16.9. The van der Waals surface area contributed by atoms with E-state index >= 15 is 0 Å². The number of piperidine rings is 3. The fraction of sp³-hybridized carbons (Fsp3) is 0.431. The van der Waals surface area contributed by atoms with Crippen molar-refractivity contribution in [3.8, 4) is 39.7 Å². The molecular formula is C72H85FN18S3. The van der Waals surface area contributed by atoms with Crippen LogP contribution in [0.1, 0.15) is 125 Å². The minimum absolute atomic E-state index is 0.0666. The van der Waals surface area contributed by atoms with Gasteiger partial charge in [0.2, 0.25) is 0 Å². The van der Waals surface area contributed by atoms with Gasteiger partial charge in [0.15, 0.2) is 32.5 Å². The summed E-state index contributed by atoms with van der Waals surface area (Å²) in [4.78, 5) is 41.9. The van der Waals surface area contributed by atoms with Gasteiger partial charge in [-0.05, 0) is 193 Å². The molecule has 10 aromatic heterocycles. The Balaban J connectivity index is 0.000000128. The Hall–Kier alpha value is -8.04. The van der Waals surface area contributed by atoms with Gasteiger partial charge in [-0.1, -0.05) is 46.1 Å². The van der Waals surface area contributed by atoms with Crippen molar-refractivity contribution < 1.29 is 4.39 Å². The highest BCUT2D eigenvalue weighted by molar-refractivity contribution is 7.22. The van der Waals surface area contributed by atoms with Crippen LogP contribution in [0.3, 0.4) is 0 Å². The molecule has 22 heteroatoms. The van der Waals surface area contributed by atoms with Gasteiger partial charge in [0.25, 0.3) is 0 Å². The topological polar surface area (TPSA) is 186 Å². The molecule has 3 saturated heterocycles. The average Bonchev–Trinajstić information content (AvgIpc) is 1.51. The van der Waals surface area contributed by atoms with Crippen molar-refractivity contribution in [1.29, 1.82) is 5.26 Å². The fourth-order valence-corrected chi connectivity index (χ4v) is 18.0. The van der Waals surface area contributed by atoms with Crippen LogP contribution >= 0.6 is 34.0 Å². The monoisotopic (exact) mass is 1320 g/mol. The van der Waals surface area contributed by atoms with E-state index in [-0.39, 0.29) is 28.0 Å². The molecule has 488 valence electrons.